The van der Waals surface area contributed by atoms with Gasteiger partial charge in [0.05, 0.1) is 16.4 Å². The largest absolute Gasteiger partial charge is 0.488 e. The maximum atomic E-state index is 11.9. The summed E-state index contributed by atoms with van der Waals surface area (Å²) in [5.74, 6) is 0.735. The molecule has 1 atom stereocenters. The Hall–Kier alpha value is -1.91. The standard InChI is InChI=1S/C15H19NO4/c1-4-15(5-2)13(17)9-14(15)20-12-8-11(16(18)19)7-6-10(12)3/h6-8,14H,4-5,9H2,1-3H3. The van der Waals surface area contributed by atoms with Crippen LogP contribution in [0.2, 0.25) is 0 Å². The van der Waals surface area contributed by atoms with Crippen LogP contribution in [0.5, 0.6) is 5.75 Å². The molecule has 1 fully saturated rings. The van der Waals surface area contributed by atoms with Gasteiger partial charge in [-0.15, -0.1) is 0 Å². The lowest BCUT2D eigenvalue weighted by Gasteiger charge is -2.46. The summed E-state index contributed by atoms with van der Waals surface area (Å²) in [5.41, 5.74) is 0.433. The van der Waals surface area contributed by atoms with Gasteiger partial charge in [0.25, 0.3) is 5.69 Å². The van der Waals surface area contributed by atoms with E-state index in [0.29, 0.717) is 12.2 Å². The quantitative estimate of drug-likeness (QED) is 0.610. The second kappa shape index (κ2) is 5.23. The second-order valence-corrected chi connectivity index (χ2v) is 5.30. The van der Waals surface area contributed by atoms with Crippen molar-refractivity contribution in [2.75, 3.05) is 0 Å². The summed E-state index contributed by atoms with van der Waals surface area (Å²) in [5, 5.41) is 10.8. The van der Waals surface area contributed by atoms with Gasteiger partial charge < -0.3 is 4.74 Å². The van der Waals surface area contributed by atoms with Crippen LogP contribution in [0.3, 0.4) is 0 Å². The molecule has 0 heterocycles. The molecule has 20 heavy (non-hydrogen) atoms. The van der Waals surface area contributed by atoms with Gasteiger partial charge in [-0.1, -0.05) is 13.8 Å². The third kappa shape index (κ3) is 2.17. The maximum absolute atomic E-state index is 11.9. The summed E-state index contributed by atoms with van der Waals surface area (Å²) in [6.45, 7) is 5.81. The molecule has 108 valence electrons. The Balaban J connectivity index is 2.25. The fourth-order valence-electron chi connectivity index (χ4n) is 2.85. The van der Waals surface area contributed by atoms with Crippen LogP contribution in [-0.4, -0.2) is 16.8 Å². The van der Waals surface area contributed by atoms with E-state index in [0.717, 1.165) is 18.4 Å². The Bertz CT molecular complexity index is 549. The SMILES string of the molecule is CCC1(CC)C(=O)CC1Oc1cc([N+](=O)[O-])ccc1C. The third-order valence-electron chi connectivity index (χ3n) is 4.46. The number of ether oxygens (including phenoxy) is 1. The molecule has 0 amide bonds. The van der Waals surface area contributed by atoms with Gasteiger partial charge in [0, 0.05) is 12.5 Å². The molecule has 1 unspecified atom stereocenters. The van der Waals surface area contributed by atoms with Gasteiger partial charge in [0.15, 0.2) is 0 Å². The number of rotatable bonds is 5. The predicted molar refractivity (Wildman–Crippen MR) is 74.9 cm³/mol. The fourth-order valence-corrected chi connectivity index (χ4v) is 2.85. The van der Waals surface area contributed by atoms with Crippen LogP contribution in [0, 0.1) is 22.5 Å². The number of hydrogen-bond donors (Lipinski definition) is 0. The van der Waals surface area contributed by atoms with Crippen LogP contribution in [0.25, 0.3) is 0 Å². The molecule has 5 heteroatoms. The van der Waals surface area contributed by atoms with E-state index in [-0.39, 0.29) is 17.6 Å². The lowest BCUT2D eigenvalue weighted by Crippen LogP contribution is -2.56. The highest BCUT2D eigenvalue weighted by atomic mass is 16.6. The Kier molecular flexibility index (Phi) is 3.79. The molecule has 2 rings (SSSR count). The lowest BCUT2D eigenvalue weighted by molar-refractivity contribution is -0.385. The summed E-state index contributed by atoms with van der Waals surface area (Å²) in [7, 11) is 0. The summed E-state index contributed by atoms with van der Waals surface area (Å²) < 4.78 is 5.91. The number of nitro benzene ring substituents is 1. The van der Waals surface area contributed by atoms with Gasteiger partial charge in [0.1, 0.15) is 17.6 Å². The number of nitro groups is 1. The van der Waals surface area contributed by atoms with E-state index in [1.54, 1.807) is 6.07 Å². The Morgan fingerprint density at radius 1 is 1.40 bits per heavy atom. The minimum absolute atomic E-state index is 0.00912. The Morgan fingerprint density at radius 2 is 2.05 bits per heavy atom. The van der Waals surface area contributed by atoms with Crippen LogP contribution in [0.15, 0.2) is 18.2 Å². The molecule has 1 saturated carbocycles. The van der Waals surface area contributed by atoms with E-state index in [1.165, 1.54) is 12.1 Å². The first-order valence-corrected chi connectivity index (χ1v) is 6.89. The van der Waals surface area contributed by atoms with Gasteiger partial charge in [0.2, 0.25) is 0 Å². The van der Waals surface area contributed by atoms with Crippen molar-refractivity contribution in [2.24, 2.45) is 5.41 Å². The van der Waals surface area contributed by atoms with E-state index >= 15 is 0 Å². The molecule has 1 aromatic rings. The van der Waals surface area contributed by atoms with Crippen molar-refractivity contribution in [3.63, 3.8) is 0 Å². The molecular formula is C15H19NO4. The van der Waals surface area contributed by atoms with Crippen LogP contribution >= 0.6 is 0 Å². The number of benzene rings is 1. The van der Waals surface area contributed by atoms with Crippen molar-refractivity contribution in [2.45, 2.75) is 46.1 Å². The average Bonchev–Trinajstić information content (AvgIpc) is 2.41. The van der Waals surface area contributed by atoms with Crippen molar-refractivity contribution in [3.05, 3.63) is 33.9 Å². The van der Waals surface area contributed by atoms with Crippen LogP contribution in [0.1, 0.15) is 38.7 Å². The second-order valence-electron chi connectivity index (χ2n) is 5.30. The van der Waals surface area contributed by atoms with Gasteiger partial charge in [-0.2, -0.15) is 0 Å². The van der Waals surface area contributed by atoms with E-state index in [9.17, 15) is 14.9 Å². The van der Waals surface area contributed by atoms with Crippen molar-refractivity contribution < 1.29 is 14.5 Å². The molecule has 0 bridgehead atoms. The molecule has 1 aliphatic rings. The van der Waals surface area contributed by atoms with Crippen LogP contribution < -0.4 is 4.74 Å². The number of carbonyl (C=O) groups is 1. The Labute approximate surface area is 118 Å². The topological polar surface area (TPSA) is 69.4 Å². The van der Waals surface area contributed by atoms with E-state index in [4.69, 9.17) is 4.74 Å². The molecule has 0 radical (unpaired) electrons. The number of carbonyl (C=O) groups excluding carboxylic acids is 1. The van der Waals surface area contributed by atoms with Gasteiger partial charge in [-0.05, 0) is 31.4 Å². The zero-order chi connectivity index (χ0) is 14.9. The predicted octanol–water partition coefficient (Wildman–Crippen LogP) is 3.43. The molecule has 0 aromatic heterocycles. The highest BCUT2D eigenvalue weighted by Gasteiger charge is 2.54. The molecule has 1 aromatic carbocycles. The monoisotopic (exact) mass is 277 g/mol. The summed E-state index contributed by atoms with van der Waals surface area (Å²) >= 11 is 0. The first-order valence-electron chi connectivity index (χ1n) is 6.89. The number of non-ortho nitro benzene ring substituents is 1. The van der Waals surface area contributed by atoms with E-state index in [2.05, 4.69) is 0 Å². The van der Waals surface area contributed by atoms with Crippen molar-refractivity contribution >= 4 is 11.5 Å². The maximum Gasteiger partial charge on any atom is 0.273 e. The molecule has 0 spiro atoms. The third-order valence-corrected chi connectivity index (χ3v) is 4.46. The van der Waals surface area contributed by atoms with Crippen molar-refractivity contribution in [1.29, 1.82) is 0 Å². The van der Waals surface area contributed by atoms with Gasteiger partial charge in [-0.25, -0.2) is 0 Å². The van der Waals surface area contributed by atoms with Crippen molar-refractivity contribution in [3.8, 4) is 5.75 Å². The average molecular weight is 277 g/mol. The number of ketones is 1. The van der Waals surface area contributed by atoms with Crippen LogP contribution in [0.4, 0.5) is 5.69 Å². The molecule has 5 nitrogen and oxygen atoms in total. The van der Waals surface area contributed by atoms with E-state index in [1.807, 2.05) is 20.8 Å². The molecule has 1 aliphatic carbocycles. The van der Waals surface area contributed by atoms with Gasteiger partial charge >= 0.3 is 0 Å². The van der Waals surface area contributed by atoms with Crippen LogP contribution in [-0.2, 0) is 4.79 Å². The molecule has 0 aliphatic heterocycles. The number of hydrogen-bond acceptors (Lipinski definition) is 4. The number of Topliss-reactive ketones (excluding diaryl/α,β-unsaturated/α-hetero) is 1. The normalized spacial score (nSPS) is 20.4. The summed E-state index contributed by atoms with van der Waals surface area (Å²) in [4.78, 5) is 22.3. The molecule has 0 saturated heterocycles. The Morgan fingerprint density at radius 3 is 2.55 bits per heavy atom. The minimum Gasteiger partial charge on any atom is -0.488 e. The van der Waals surface area contributed by atoms with E-state index < -0.39 is 10.3 Å². The van der Waals surface area contributed by atoms with Gasteiger partial charge in [-0.3, -0.25) is 14.9 Å². The zero-order valence-electron chi connectivity index (χ0n) is 12.0. The number of nitrogens with zero attached hydrogens (tertiary/aromatic N) is 1. The summed E-state index contributed by atoms with van der Waals surface area (Å²) in [6.07, 6.45) is 1.69. The molecular weight excluding hydrogens is 258 g/mol. The highest BCUT2D eigenvalue weighted by molar-refractivity contribution is 5.92. The smallest absolute Gasteiger partial charge is 0.273 e. The molecule has 0 N–H and O–H groups in total. The van der Waals surface area contributed by atoms with Crippen molar-refractivity contribution in [1.82, 2.24) is 0 Å². The minimum atomic E-state index is -0.439. The summed E-state index contributed by atoms with van der Waals surface area (Å²) in [6, 6.07) is 4.57. The number of aryl methyl sites for hydroxylation is 1. The first-order chi connectivity index (χ1) is 9.44. The highest BCUT2D eigenvalue weighted by Crippen LogP contribution is 2.46. The fraction of sp³-hybridized carbons (Fsp3) is 0.533. The first kappa shape index (κ1) is 14.5. The lowest BCUT2D eigenvalue weighted by atomic mass is 9.61. The zero-order valence-corrected chi connectivity index (χ0v) is 12.0.